The molecule has 1 saturated heterocycles. The number of morpholine rings is 1. The van der Waals surface area contributed by atoms with Gasteiger partial charge in [0, 0.05) is 54.9 Å². The molecule has 8 nitrogen and oxygen atoms in total. The van der Waals surface area contributed by atoms with Gasteiger partial charge in [0.2, 0.25) is 5.78 Å². The number of rotatable bonds is 6. The van der Waals surface area contributed by atoms with E-state index in [2.05, 4.69) is 26.3 Å². The van der Waals surface area contributed by atoms with Crippen molar-refractivity contribution >= 4 is 17.3 Å². The number of carbonyl (C=O) groups is 1. The second kappa shape index (κ2) is 9.56. The van der Waals surface area contributed by atoms with Crippen molar-refractivity contribution in [2.24, 2.45) is 0 Å². The molecule has 0 saturated carbocycles. The van der Waals surface area contributed by atoms with Crippen molar-refractivity contribution in [2.75, 3.05) is 33.4 Å². The number of fused-ring (bicyclic) bond motifs is 1. The van der Waals surface area contributed by atoms with Crippen molar-refractivity contribution in [3.8, 4) is 5.75 Å². The first-order chi connectivity index (χ1) is 16.2. The van der Waals surface area contributed by atoms with Crippen LogP contribution in [0.5, 0.6) is 5.75 Å². The molecule has 1 atom stereocenters. The van der Waals surface area contributed by atoms with Gasteiger partial charge in [0.05, 0.1) is 32.1 Å². The summed E-state index contributed by atoms with van der Waals surface area (Å²) in [6.07, 6.45) is 12.3. The Labute approximate surface area is 192 Å². The van der Waals surface area contributed by atoms with E-state index in [0.29, 0.717) is 17.8 Å². The summed E-state index contributed by atoms with van der Waals surface area (Å²) in [5.74, 6) is 1.22. The Balaban J connectivity index is 1.32. The molecule has 8 heteroatoms. The number of carbonyl (C=O) groups excluding carboxylic acids is 1. The van der Waals surface area contributed by atoms with Gasteiger partial charge in [-0.15, -0.1) is 0 Å². The molecule has 170 valence electrons. The van der Waals surface area contributed by atoms with Gasteiger partial charge in [-0.2, -0.15) is 0 Å². The summed E-state index contributed by atoms with van der Waals surface area (Å²) < 4.78 is 12.9. The lowest BCUT2D eigenvalue weighted by Gasteiger charge is -2.27. The van der Waals surface area contributed by atoms with Gasteiger partial charge in [-0.3, -0.25) is 14.1 Å². The molecule has 0 bridgehead atoms. The Bertz CT molecular complexity index is 1180. The number of allylic oxidation sites excluding steroid dienone is 2. The van der Waals surface area contributed by atoms with Gasteiger partial charge in [0.25, 0.3) is 5.91 Å². The molecule has 33 heavy (non-hydrogen) atoms. The largest absolute Gasteiger partial charge is 0.496 e. The highest BCUT2D eigenvalue weighted by molar-refractivity contribution is 5.96. The Kier molecular flexibility index (Phi) is 6.19. The third-order valence-electron chi connectivity index (χ3n) is 6.04. The van der Waals surface area contributed by atoms with Gasteiger partial charge in [-0.25, -0.2) is 9.97 Å². The highest BCUT2D eigenvalue weighted by Crippen LogP contribution is 2.26. The van der Waals surface area contributed by atoms with Crippen LogP contribution in [0.1, 0.15) is 28.0 Å². The van der Waals surface area contributed by atoms with Crippen LogP contribution in [0.2, 0.25) is 0 Å². The molecular weight excluding hydrogens is 418 g/mol. The van der Waals surface area contributed by atoms with Crippen LogP contribution in [0.15, 0.2) is 61.1 Å². The van der Waals surface area contributed by atoms with Crippen LogP contribution in [-0.4, -0.2) is 64.6 Å². The number of benzene rings is 1. The molecule has 0 radical (unpaired) electrons. The highest BCUT2D eigenvalue weighted by atomic mass is 16.5. The maximum absolute atomic E-state index is 13.1. The quantitative estimate of drug-likeness (QED) is 0.628. The first kappa shape index (κ1) is 21.4. The second-order valence-electron chi connectivity index (χ2n) is 8.18. The molecule has 3 heterocycles. The van der Waals surface area contributed by atoms with Crippen molar-refractivity contribution in [3.63, 3.8) is 0 Å². The van der Waals surface area contributed by atoms with Crippen molar-refractivity contribution in [2.45, 2.75) is 19.0 Å². The van der Waals surface area contributed by atoms with Crippen LogP contribution in [0, 0.1) is 0 Å². The number of aromatic nitrogens is 3. The smallest absolute Gasteiger partial charge is 0.251 e. The van der Waals surface area contributed by atoms with Crippen LogP contribution >= 0.6 is 0 Å². The van der Waals surface area contributed by atoms with E-state index >= 15 is 0 Å². The Morgan fingerprint density at radius 1 is 1.30 bits per heavy atom. The predicted molar refractivity (Wildman–Crippen MR) is 125 cm³/mol. The lowest BCUT2D eigenvalue weighted by atomic mass is 9.96. The molecule has 1 N–H and O–H groups in total. The molecule has 1 aliphatic heterocycles. The van der Waals surface area contributed by atoms with Gasteiger partial charge in [-0.05, 0) is 24.6 Å². The van der Waals surface area contributed by atoms with Crippen molar-refractivity contribution in [1.29, 1.82) is 0 Å². The third kappa shape index (κ3) is 4.67. The summed E-state index contributed by atoms with van der Waals surface area (Å²) in [6, 6.07) is 7.36. The maximum atomic E-state index is 13.1. The second-order valence-corrected chi connectivity index (χ2v) is 8.18. The maximum Gasteiger partial charge on any atom is 0.251 e. The molecule has 1 aliphatic carbocycles. The fourth-order valence-electron chi connectivity index (χ4n) is 4.26. The van der Waals surface area contributed by atoms with E-state index in [0.717, 1.165) is 55.4 Å². The summed E-state index contributed by atoms with van der Waals surface area (Å²) in [7, 11) is 1.64. The third-order valence-corrected chi connectivity index (χ3v) is 6.04. The Morgan fingerprint density at radius 3 is 3.00 bits per heavy atom. The molecule has 3 aromatic rings. The Hall–Kier alpha value is -3.49. The molecule has 1 aromatic carbocycles. The average molecular weight is 446 g/mol. The number of nitrogens with zero attached hydrogens (tertiary/aromatic N) is 4. The van der Waals surface area contributed by atoms with Gasteiger partial charge in [-0.1, -0.05) is 24.3 Å². The van der Waals surface area contributed by atoms with E-state index in [1.807, 2.05) is 53.2 Å². The fraction of sp³-hybridized carbons (Fsp3) is 0.320. The number of hydrogen-bond acceptors (Lipinski definition) is 6. The van der Waals surface area contributed by atoms with E-state index in [9.17, 15) is 4.79 Å². The SMILES string of the molecule is COc1cc(C(=O)NC2CC=CC=C2c2cn3cccnc3n2)ccc1CN1CCOCC1. The average Bonchev–Trinajstić information content (AvgIpc) is 3.29. The molecular formula is C25H27N5O3. The van der Waals surface area contributed by atoms with Crippen molar-refractivity contribution < 1.29 is 14.3 Å². The number of ether oxygens (including phenoxy) is 2. The topological polar surface area (TPSA) is 81.0 Å². The van der Waals surface area contributed by atoms with Crippen molar-refractivity contribution in [1.82, 2.24) is 24.6 Å². The van der Waals surface area contributed by atoms with Crippen LogP contribution in [0.25, 0.3) is 11.4 Å². The molecule has 2 aliphatic rings. The monoisotopic (exact) mass is 445 g/mol. The zero-order valence-corrected chi connectivity index (χ0v) is 18.6. The van der Waals surface area contributed by atoms with Gasteiger partial charge < -0.3 is 14.8 Å². The lowest BCUT2D eigenvalue weighted by Crippen LogP contribution is -2.36. The van der Waals surface area contributed by atoms with Gasteiger partial charge in [0.1, 0.15) is 5.75 Å². The minimum absolute atomic E-state index is 0.140. The summed E-state index contributed by atoms with van der Waals surface area (Å²) in [6.45, 7) is 4.06. The van der Waals surface area contributed by atoms with Crippen LogP contribution < -0.4 is 10.1 Å². The molecule has 1 amide bonds. The first-order valence-corrected chi connectivity index (χ1v) is 11.2. The minimum Gasteiger partial charge on any atom is -0.496 e. The van der Waals surface area contributed by atoms with E-state index in [4.69, 9.17) is 9.47 Å². The number of methoxy groups -OCH3 is 1. The number of nitrogens with one attached hydrogen (secondary N) is 1. The van der Waals surface area contributed by atoms with Crippen LogP contribution in [-0.2, 0) is 11.3 Å². The standard InChI is InChI=1S/C25H27N5O3/c1-32-23-15-18(7-8-19(23)16-29-11-13-33-14-12-29)24(31)27-21-6-3-2-5-20(21)22-17-30-10-4-9-26-25(30)28-22/h2-5,7-10,15,17,21H,6,11-14,16H2,1H3,(H,27,31). The van der Waals surface area contributed by atoms with Gasteiger partial charge >= 0.3 is 0 Å². The minimum atomic E-state index is -0.175. The normalized spacial score (nSPS) is 18.8. The lowest BCUT2D eigenvalue weighted by molar-refractivity contribution is 0.0339. The van der Waals surface area contributed by atoms with Gasteiger partial charge in [0.15, 0.2) is 0 Å². The van der Waals surface area contributed by atoms with Crippen LogP contribution in [0.4, 0.5) is 0 Å². The molecule has 2 aromatic heterocycles. The molecule has 0 spiro atoms. The summed E-state index contributed by atoms with van der Waals surface area (Å²) in [5.41, 5.74) is 3.41. The van der Waals surface area contributed by atoms with E-state index in [1.54, 1.807) is 13.3 Å². The summed E-state index contributed by atoms with van der Waals surface area (Å²) in [5, 5.41) is 3.17. The first-order valence-electron chi connectivity index (χ1n) is 11.2. The number of imidazole rings is 1. The zero-order chi connectivity index (χ0) is 22.6. The fourth-order valence-corrected chi connectivity index (χ4v) is 4.26. The molecule has 1 fully saturated rings. The highest BCUT2D eigenvalue weighted by Gasteiger charge is 2.23. The van der Waals surface area contributed by atoms with E-state index in [-0.39, 0.29) is 11.9 Å². The number of hydrogen-bond donors (Lipinski definition) is 1. The summed E-state index contributed by atoms with van der Waals surface area (Å²) >= 11 is 0. The molecule has 5 rings (SSSR count). The zero-order valence-electron chi connectivity index (χ0n) is 18.6. The van der Waals surface area contributed by atoms with Crippen LogP contribution in [0.3, 0.4) is 0 Å². The van der Waals surface area contributed by atoms with Crippen molar-refractivity contribution in [3.05, 3.63) is 77.9 Å². The Morgan fingerprint density at radius 2 is 2.18 bits per heavy atom. The summed E-state index contributed by atoms with van der Waals surface area (Å²) in [4.78, 5) is 24.4. The number of amides is 1. The van der Waals surface area contributed by atoms with E-state index < -0.39 is 0 Å². The van der Waals surface area contributed by atoms with E-state index in [1.165, 1.54) is 0 Å². The molecule has 1 unspecified atom stereocenters. The predicted octanol–water partition coefficient (Wildman–Crippen LogP) is 2.71.